The zero-order valence-electron chi connectivity index (χ0n) is 34.3. The molecule has 2 aromatic carbocycles. The molecule has 61 heavy (non-hydrogen) atoms. The average Bonchev–Trinajstić information content (AvgIpc) is 3.85. The van der Waals surface area contributed by atoms with E-state index in [-0.39, 0.29) is 35.6 Å². The molecular weight excluding hydrogens is 779 g/mol. The molecule has 18 nitrogen and oxygen atoms in total. The monoisotopic (exact) mass is 825 g/mol. The highest BCUT2D eigenvalue weighted by Crippen LogP contribution is 2.36. The van der Waals surface area contributed by atoms with E-state index in [1.54, 1.807) is 17.6 Å². The first-order valence-corrected chi connectivity index (χ1v) is 20.6. The molecule has 3 aliphatic heterocycles. The van der Waals surface area contributed by atoms with Crippen LogP contribution in [0.4, 0.5) is 23.0 Å². The number of likely N-dealkylation sites (N-methyl/N-ethyl adjacent to an activating group) is 1. The van der Waals surface area contributed by atoms with Crippen molar-refractivity contribution in [3.8, 4) is 11.8 Å². The highest BCUT2D eigenvalue weighted by Gasteiger charge is 2.33. The highest BCUT2D eigenvalue weighted by molar-refractivity contribution is 6.03. The van der Waals surface area contributed by atoms with Crippen LogP contribution in [0.15, 0.2) is 59.5 Å². The van der Waals surface area contributed by atoms with Crippen LogP contribution in [0.5, 0.6) is 5.75 Å². The molecule has 1 unspecified atom stereocenters. The second-order valence-corrected chi connectivity index (χ2v) is 16.0. The number of nitrogens with zero attached hydrogens (tertiary/aromatic N) is 10. The molecule has 6 aromatic rings. The van der Waals surface area contributed by atoms with Gasteiger partial charge in [-0.2, -0.15) is 20.0 Å². The Bertz CT molecular complexity index is 2800. The second kappa shape index (κ2) is 16.2. The first kappa shape index (κ1) is 39.5. The fraction of sp³-hybridized carbons (Fsp3) is 0.395. The van der Waals surface area contributed by atoms with Gasteiger partial charge >= 0.3 is 0 Å². The molecule has 9 rings (SSSR count). The molecule has 3 saturated heterocycles. The second-order valence-electron chi connectivity index (χ2n) is 16.0. The van der Waals surface area contributed by atoms with Crippen molar-refractivity contribution in [1.29, 1.82) is 5.26 Å². The number of aromatic nitrogens is 6. The number of para-hydroxylation sites is 1. The van der Waals surface area contributed by atoms with Crippen molar-refractivity contribution in [2.75, 3.05) is 74.6 Å². The van der Waals surface area contributed by atoms with E-state index in [0.717, 1.165) is 97.8 Å². The molecule has 0 spiro atoms. The lowest BCUT2D eigenvalue weighted by atomic mass is 9.92. The van der Waals surface area contributed by atoms with E-state index in [2.05, 4.69) is 47.9 Å². The lowest BCUT2D eigenvalue weighted by molar-refractivity contribution is -0.134. The Morgan fingerprint density at radius 3 is 2.54 bits per heavy atom. The van der Waals surface area contributed by atoms with Gasteiger partial charge in [0.25, 0.3) is 11.5 Å². The molecule has 3 fully saturated rings. The van der Waals surface area contributed by atoms with Crippen LogP contribution < -0.4 is 36.0 Å². The van der Waals surface area contributed by atoms with Gasteiger partial charge in [-0.15, -0.1) is 0 Å². The van der Waals surface area contributed by atoms with Crippen LogP contribution in [0.25, 0.3) is 27.5 Å². The number of fused-ring (bicyclic) bond motifs is 3. The zero-order chi connectivity index (χ0) is 42.4. The summed E-state index contributed by atoms with van der Waals surface area (Å²) >= 11 is 0. The lowest BCUT2D eigenvalue weighted by Crippen LogP contribution is -2.49. The van der Waals surface area contributed by atoms with Gasteiger partial charge < -0.3 is 29.7 Å². The predicted molar refractivity (Wildman–Crippen MR) is 229 cm³/mol. The van der Waals surface area contributed by atoms with E-state index in [4.69, 9.17) is 14.8 Å². The Morgan fingerprint density at radius 1 is 0.984 bits per heavy atom. The molecule has 3 aliphatic rings. The summed E-state index contributed by atoms with van der Waals surface area (Å²) in [7, 11) is 5.09. The maximum Gasteiger partial charge on any atom is 0.293 e. The van der Waals surface area contributed by atoms with E-state index >= 15 is 0 Å². The number of benzene rings is 2. The van der Waals surface area contributed by atoms with Crippen LogP contribution in [-0.4, -0.2) is 111 Å². The Kier molecular flexibility index (Phi) is 10.5. The molecule has 3 N–H and O–H groups in total. The molecule has 0 radical (unpaired) electrons. The number of hydrogen-bond acceptors (Lipinski definition) is 13. The van der Waals surface area contributed by atoms with Crippen LogP contribution in [0.3, 0.4) is 0 Å². The van der Waals surface area contributed by atoms with Gasteiger partial charge in [0.15, 0.2) is 18.0 Å². The summed E-state index contributed by atoms with van der Waals surface area (Å²) in [6, 6.07) is 17.6. The van der Waals surface area contributed by atoms with Crippen molar-refractivity contribution in [3.05, 3.63) is 76.3 Å². The first-order valence-electron chi connectivity index (χ1n) is 20.6. The number of pyridine rings is 1. The van der Waals surface area contributed by atoms with Crippen molar-refractivity contribution < 1.29 is 19.1 Å². The molecule has 0 aliphatic carbocycles. The van der Waals surface area contributed by atoms with Gasteiger partial charge in [-0.3, -0.25) is 34.1 Å². The normalized spacial score (nSPS) is 17.8. The van der Waals surface area contributed by atoms with Crippen molar-refractivity contribution in [2.24, 2.45) is 20.0 Å². The van der Waals surface area contributed by atoms with Gasteiger partial charge in [0.1, 0.15) is 23.3 Å². The van der Waals surface area contributed by atoms with Crippen molar-refractivity contribution in [3.63, 3.8) is 0 Å². The van der Waals surface area contributed by atoms with E-state index in [1.165, 1.54) is 17.8 Å². The first-order chi connectivity index (χ1) is 29.6. The maximum absolute atomic E-state index is 12.9. The number of piperazine rings is 1. The number of carbonyl (C=O) groups is 3. The minimum absolute atomic E-state index is 0.0721. The summed E-state index contributed by atoms with van der Waals surface area (Å²) < 4.78 is 10.5. The maximum atomic E-state index is 12.9. The van der Waals surface area contributed by atoms with Crippen LogP contribution in [0.2, 0.25) is 0 Å². The number of piperidine rings is 2. The zero-order valence-corrected chi connectivity index (χ0v) is 34.3. The molecule has 314 valence electrons. The largest absolute Gasteiger partial charge is 0.478 e. The molecule has 1 atom stereocenters. The number of imide groups is 1. The topological polar surface area (TPSA) is 200 Å². The predicted octanol–water partition coefficient (Wildman–Crippen LogP) is 2.77. The minimum Gasteiger partial charge on any atom is -0.478 e. The standard InChI is InChI=1S/C43H47N13O5/c1-45-38(58)25-61-34-20-27-19-29(7-9-32(27)51(2)43(34)60)47-36-21-35(48-41-28(22-44)23-46-56(36)41)55-13-11-26(12-14-55)24-53-15-17-54(18-16-53)33-6-4-5-30-39(50-52(3)40(30)33)31-8-10-37(57)49-42(31)59/h4-7,9,19-21,23,26,31,47H,8,10-18,24-25H2,1-3H3,(H,45,58)(H,49,57,59). The molecule has 0 saturated carbocycles. The minimum atomic E-state index is -0.437. The van der Waals surface area contributed by atoms with Crippen molar-refractivity contribution in [1.82, 2.24) is 44.5 Å². The summed E-state index contributed by atoms with van der Waals surface area (Å²) in [6.07, 6.45) is 4.31. The number of nitriles is 1. The van der Waals surface area contributed by atoms with E-state index < -0.39 is 5.92 Å². The van der Waals surface area contributed by atoms with Gasteiger partial charge in [0.05, 0.1) is 34.5 Å². The van der Waals surface area contributed by atoms with Crippen LogP contribution >= 0.6 is 0 Å². The number of ether oxygens (including phenoxy) is 1. The molecule has 0 bridgehead atoms. The molecule has 4 aromatic heterocycles. The Labute approximate surface area is 350 Å². The summed E-state index contributed by atoms with van der Waals surface area (Å²) in [4.78, 5) is 61.4. The number of anilines is 4. The number of amides is 3. The smallest absolute Gasteiger partial charge is 0.293 e. The van der Waals surface area contributed by atoms with Gasteiger partial charge in [-0.25, -0.2) is 4.98 Å². The summed E-state index contributed by atoms with van der Waals surface area (Å²) in [5.74, 6) is 0.719. The number of hydrogen-bond donors (Lipinski definition) is 3. The number of nitrogens with one attached hydrogen (secondary N) is 3. The van der Waals surface area contributed by atoms with Gasteiger partial charge in [-0.05, 0) is 55.5 Å². The number of carbonyl (C=O) groups excluding carboxylic acids is 3. The molecule has 18 heteroatoms. The fourth-order valence-electron chi connectivity index (χ4n) is 8.97. The van der Waals surface area contributed by atoms with Gasteiger partial charge in [-0.1, -0.05) is 12.1 Å². The van der Waals surface area contributed by atoms with Crippen LogP contribution in [-0.2, 0) is 28.5 Å². The molecule has 3 amide bonds. The van der Waals surface area contributed by atoms with E-state index in [1.807, 2.05) is 48.1 Å². The molecular formula is C43H47N13O5. The lowest BCUT2D eigenvalue weighted by Gasteiger charge is -2.40. The molecule has 7 heterocycles. The van der Waals surface area contributed by atoms with E-state index in [0.29, 0.717) is 41.3 Å². The third kappa shape index (κ3) is 7.56. The summed E-state index contributed by atoms with van der Waals surface area (Å²) in [5, 5.41) is 29.3. The number of aryl methyl sites for hydroxylation is 2. The SMILES string of the molecule is CNC(=O)COc1cc2cc(Nc3cc(N4CCC(CN5CCN(c6cccc7c(C8CCC(=O)NC8=O)nn(C)c67)CC5)CC4)nc4c(C#N)cnn34)ccc2n(C)c1=O. The highest BCUT2D eigenvalue weighted by atomic mass is 16.5. The van der Waals surface area contributed by atoms with E-state index in [9.17, 15) is 24.4 Å². The fourth-order valence-corrected chi connectivity index (χ4v) is 8.97. The van der Waals surface area contributed by atoms with Crippen molar-refractivity contribution in [2.45, 2.75) is 31.6 Å². The quantitative estimate of drug-likeness (QED) is 0.171. The average molecular weight is 826 g/mol. The summed E-state index contributed by atoms with van der Waals surface area (Å²) in [6.45, 7) is 6.03. The Morgan fingerprint density at radius 2 is 1.79 bits per heavy atom. The van der Waals surface area contributed by atoms with Crippen LogP contribution in [0.1, 0.15) is 42.9 Å². The summed E-state index contributed by atoms with van der Waals surface area (Å²) in [5.41, 5.74) is 4.77. The Hall–Kier alpha value is -7.00. The van der Waals surface area contributed by atoms with Crippen molar-refractivity contribution >= 4 is 68.2 Å². The number of rotatable bonds is 10. The van der Waals surface area contributed by atoms with Crippen LogP contribution in [0, 0.1) is 17.2 Å². The van der Waals surface area contributed by atoms with Gasteiger partial charge in [0, 0.05) is 95.9 Å². The Balaban J connectivity index is 0.856. The third-order valence-corrected chi connectivity index (χ3v) is 12.3. The third-order valence-electron chi connectivity index (χ3n) is 12.3. The van der Waals surface area contributed by atoms with Gasteiger partial charge in [0.2, 0.25) is 11.8 Å².